The van der Waals surface area contributed by atoms with Crippen LogP contribution in [0, 0.1) is 5.82 Å². The van der Waals surface area contributed by atoms with Gasteiger partial charge < -0.3 is 10.6 Å². The van der Waals surface area contributed by atoms with Crippen LogP contribution in [0.2, 0.25) is 0 Å². The van der Waals surface area contributed by atoms with Crippen molar-refractivity contribution < 1.29 is 14.0 Å². The summed E-state index contributed by atoms with van der Waals surface area (Å²) >= 11 is 0. The van der Waals surface area contributed by atoms with E-state index in [0.717, 1.165) is 0 Å². The summed E-state index contributed by atoms with van der Waals surface area (Å²) in [4.78, 5) is 22.5. The van der Waals surface area contributed by atoms with Crippen molar-refractivity contribution in [3.05, 3.63) is 35.6 Å². The molecule has 0 spiro atoms. The van der Waals surface area contributed by atoms with Crippen molar-refractivity contribution >= 4 is 11.8 Å². The van der Waals surface area contributed by atoms with E-state index in [4.69, 9.17) is 0 Å². The number of nitrogens with one attached hydrogen (secondary N) is 2. The molecule has 5 heteroatoms. The molecule has 0 unspecified atom stereocenters. The number of carbonyl (C=O) groups is 2. The first-order chi connectivity index (χ1) is 7.65. The molecule has 1 atom stereocenters. The Kier molecular flexibility index (Phi) is 2.85. The third-order valence-electron chi connectivity index (χ3n) is 2.40. The lowest BCUT2D eigenvalue weighted by Gasteiger charge is -2.23. The normalized spacial score (nSPS) is 20.2. The fraction of sp³-hybridized carbons (Fsp3) is 0.273. The molecule has 2 amide bonds. The molecule has 0 bridgehead atoms. The molecule has 1 aliphatic heterocycles. The van der Waals surface area contributed by atoms with E-state index in [1.807, 2.05) is 0 Å². The number of halogens is 1. The van der Waals surface area contributed by atoms with E-state index >= 15 is 0 Å². The van der Waals surface area contributed by atoms with Crippen LogP contribution in [0.15, 0.2) is 24.3 Å². The lowest BCUT2D eigenvalue weighted by Crippen LogP contribution is -2.56. The largest absolute Gasteiger partial charge is 0.345 e. The predicted molar refractivity (Wildman–Crippen MR) is 55.0 cm³/mol. The number of piperazine rings is 1. The molecule has 0 aliphatic carbocycles. The van der Waals surface area contributed by atoms with Crippen LogP contribution in [0.1, 0.15) is 5.56 Å². The van der Waals surface area contributed by atoms with Gasteiger partial charge in [-0.05, 0) is 17.7 Å². The third-order valence-corrected chi connectivity index (χ3v) is 2.40. The average Bonchev–Trinajstić information content (AvgIpc) is 2.24. The van der Waals surface area contributed by atoms with Gasteiger partial charge in [0, 0.05) is 6.42 Å². The summed E-state index contributed by atoms with van der Waals surface area (Å²) in [7, 11) is 0. The summed E-state index contributed by atoms with van der Waals surface area (Å²) < 4.78 is 12.9. The molecule has 2 N–H and O–H groups in total. The number of carbonyl (C=O) groups excluding carboxylic acids is 2. The van der Waals surface area contributed by atoms with Crippen molar-refractivity contribution in [2.45, 2.75) is 12.5 Å². The Morgan fingerprint density at radius 2 is 2.19 bits per heavy atom. The van der Waals surface area contributed by atoms with Gasteiger partial charge in [0.1, 0.15) is 11.9 Å². The second-order valence-corrected chi connectivity index (χ2v) is 3.67. The van der Waals surface area contributed by atoms with Crippen molar-refractivity contribution in [2.75, 3.05) is 6.54 Å². The predicted octanol–water partition coefficient (Wildman–Crippen LogP) is -0.0172. The molecule has 1 aliphatic rings. The summed E-state index contributed by atoms with van der Waals surface area (Å²) in [5.41, 5.74) is 0.683. The highest BCUT2D eigenvalue weighted by molar-refractivity contribution is 5.94. The smallest absolute Gasteiger partial charge is 0.243 e. The zero-order valence-corrected chi connectivity index (χ0v) is 8.50. The van der Waals surface area contributed by atoms with Gasteiger partial charge in [0.2, 0.25) is 11.8 Å². The van der Waals surface area contributed by atoms with Crippen molar-refractivity contribution in [2.24, 2.45) is 0 Å². The minimum Gasteiger partial charge on any atom is -0.345 e. The van der Waals surface area contributed by atoms with E-state index in [9.17, 15) is 14.0 Å². The minimum atomic E-state index is -0.608. The molecule has 1 aromatic rings. The van der Waals surface area contributed by atoms with Gasteiger partial charge in [-0.15, -0.1) is 0 Å². The first kappa shape index (κ1) is 10.6. The van der Waals surface area contributed by atoms with Crippen LogP contribution in [0.3, 0.4) is 0 Å². The standard InChI is InChI=1S/C11H11FN2O2/c12-8-3-1-2-7(4-8)5-9-11(16)13-6-10(15)14-9/h1-4,9H,5-6H2,(H,13,16)(H,14,15)/t9-/m0/s1. The molecule has 84 valence electrons. The van der Waals surface area contributed by atoms with Crippen molar-refractivity contribution in [1.29, 1.82) is 0 Å². The van der Waals surface area contributed by atoms with Gasteiger partial charge in [0.05, 0.1) is 6.54 Å². The molecule has 1 heterocycles. The van der Waals surface area contributed by atoms with Gasteiger partial charge in [-0.1, -0.05) is 12.1 Å². The van der Waals surface area contributed by atoms with E-state index < -0.39 is 6.04 Å². The molecule has 0 saturated carbocycles. The first-order valence-corrected chi connectivity index (χ1v) is 4.96. The molecule has 1 aromatic carbocycles. The molecule has 2 rings (SSSR count). The van der Waals surface area contributed by atoms with Gasteiger partial charge in [0.15, 0.2) is 0 Å². The fourth-order valence-corrected chi connectivity index (χ4v) is 1.64. The molecule has 0 radical (unpaired) electrons. The van der Waals surface area contributed by atoms with E-state index in [1.165, 1.54) is 12.1 Å². The van der Waals surface area contributed by atoms with Crippen LogP contribution in [-0.2, 0) is 16.0 Å². The van der Waals surface area contributed by atoms with Crippen molar-refractivity contribution in [1.82, 2.24) is 10.6 Å². The lowest BCUT2D eigenvalue weighted by molar-refractivity contribution is -0.133. The minimum absolute atomic E-state index is 0.0124. The van der Waals surface area contributed by atoms with Gasteiger partial charge in [-0.3, -0.25) is 9.59 Å². The molecular weight excluding hydrogens is 211 g/mol. The molecular formula is C11H11FN2O2. The SMILES string of the molecule is O=C1CNC(=O)[C@H](Cc2cccc(F)c2)N1. The quantitative estimate of drug-likeness (QED) is 0.739. The van der Waals surface area contributed by atoms with Crippen LogP contribution >= 0.6 is 0 Å². The maximum absolute atomic E-state index is 12.9. The Morgan fingerprint density at radius 1 is 1.38 bits per heavy atom. The Hall–Kier alpha value is -1.91. The summed E-state index contributed by atoms with van der Waals surface area (Å²) in [5.74, 6) is -0.801. The van der Waals surface area contributed by atoms with Gasteiger partial charge in [0.25, 0.3) is 0 Å². The third kappa shape index (κ3) is 2.36. The Balaban J connectivity index is 2.08. The van der Waals surface area contributed by atoms with E-state index in [0.29, 0.717) is 12.0 Å². The monoisotopic (exact) mass is 222 g/mol. The second-order valence-electron chi connectivity index (χ2n) is 3.67. The highest BCUT2D eigenvalue weighted by Gasteiger charge is 2.25. The Morgan fingerprint density at radius 3 is 2.94 bits per heavy atom. The topological polar surface area (TPSA) is 58.2 Å². The zero-order valence-electron chi connectivity index (χ0n) is 8.50. The second kappa shape index (κ2) is 4.30. The number of rotatable bonds is 2. The van der Waals surface area contributed by atoms with Crippen LogP contribution in [0.25, 0.3) is 0 Å². The first-order valence-electron chi connectivity index (χ1n) is 4.96. The number of hydrogen-bond acceptors (Lipinski definition) is 2. The summed E-state index contributed by atoms with van der Waals surface area (Å²) in [5, 5.41) is 5.03. The fourth-order valence-electron chi connectivity index (χ4n) is 1.64. The van der Waals surface area contributed by atoms with E-state index in [2.05, 4.69) is 10.6 Å². The summed E-state index contributed by atoms with van der Waals surface area (Å²) in [6.45, 7) is 0.0124. The number of amides is 2. The lowest BCUT2D eigenvalue weighted by atomic mass is 10.0. The Labute approximate surface area is 91.8 Å². The van der Waals surface area contributed by atoms with Gasteiger partial charge in [-0.25, -0.2) is 4.39 Å². The molecule has 1 saturated heterocycles. The maximum atomic E-state index is 12.9. The van der Waals surface area contributed by atoms with Gasteiger partial charge >= 0.3 is 0 Å². The van der Waals surface area contributed by atoms with Crippen LogP contribution in [-0.4, -0.2) is 24.4 Å². The number of benzene rings is 1. The van der Waals surface area contributed by atoms with Crippen LogP contribution in [0.5, 0.6) is 0 Å². The van der Waals surface area contributed by atoms with Crippen LogP contribution < -0.4 is 10.6 Å². The van der Waals surface area contributed by atoms with E-state index in [1.54, 1.807) is 12.1 Å². The van der Waals surface area contributed by atoms with Gasteiger partial charge in [-0.2, -0.15) is 0 Å². The summed E-state index contributed by atoms with van der Waals surface area (Å²) in [6.07, 6.45) is 0.301. The molecule has 0 aromatic heterocycles. The van der Waals surface area contributed by atoms with Crippen molar-refractivity contribution in [3.63, 3.8) is 0 Å². The average molecular weight is 222 g/mol. The van der Waals surface area contributed by atoms with Crippen LogP contribution in [0.4, 0.5) is 4.39 Å². The maximum Gasteiger partial charge on any atom is 0.243 e. The van der Waals surface area contributed by atoms with E-state index in [-0.39, 0.29) is 24.2 Å². The highest BCUT2D eigenvalue weighted by atomic mass is 19.1. The highest BCUT2D eigenvalue weighted by Crippen LogP contribution is 2.07. The molecule has 16 heavy (non-hydrogen) atoms. The number of hydrogen-bond donors (Lipinski definition) is 2. The van der Waals surface area contributed by atoms with Crippen molar-refractivity contribution in [3.8, 4) is 0 Å². The zero-order chi connectivity index (χ0) is 11.5. The molecule has 4 nitrogen and oxygen atoms in total. The summed E-state index contributed by atoms with van der Waals surface area (Å²) in [6, 6.07) is 5.38. The molecule has 1 fully saturated rings. The Bertz CT molecular complexity index is 434.